The van der Waals surface area contributed by atoms with E-state index in [1.807, 2.05) is 0 Å². The summed E-state index contributed by atoms with van der Waals surface area (Å²) in [4.78, 5) is 12.0. The van der Waals surface area contributed by atoms with Crippen LogP contribution in [0.15, 0.2) is 18.2 Å². The monoisotopic (exact) mass is 243 g/mol. The maximum absolute atomic E-state index is 12.2. The van der Waals surface area contributed by atoms with Crippen molar-refractivity contribution in [2.24, 2.45) is 5.41 Å². The van der Waals surface area contributed by atoms with Crippen molar-refractivity contribution in [2.75, 3.05) is 5.73 Å². The van der Waals surface area contributed by atoms with E-state index in [0.29, 0.717) is 5.69 Å². The number of ether oxygens (including phenoxy) is 1. The highest BCUT2D eigenvalue weighted by molar-refractivity contribution is 6.02. The minimum Gasteiger partial charge on any atom is -0.434 e. The fourth-order valence-corrected chi connectivity index (χ4v) is 1.33. The van der Waals surface area contributed by atoms with Gasteiger partial charge in [-0.3, -0.25) is 4.79 Å². The van der Waals surface area contributed by atoms with Gasteiger partial charge in [0.1, 0.15) is 5.75 Å². The van der Waals surface area contributed by atoms with Gasteiger partial charge in [0.15, 0.2) is 5.78 Å². The van der Waals surface area contributed by atoms with Crippen LogP contribution in [-0.2, 0) is 0 Å². The summed E-state index contributed by atoms with van der Waals surface area (Å²) in [5.74, 6) is -0.436. The number of ketones is 1. The van der Waals surface area contributed by atoms with Crippen LogP contribution in [0.5, 0.6) is 5.75 Å². The molecule has 0 bridgehead atoms. The van der Waals surface area contributed by atoms with E-state index < -0.39 is 12.0 Å². The zero-order chi connectivity index (χ0) is 13.2. The summed E-state index contributed by atoms with van der Waals surface area (Å²) in [6.45, 7) is 2.13. The van der Waals surface area contributed by atoms with Crippen LogP contribution in [0.4, 0.5) is 14.5 Å². The van der Waals surface area contributed by atoms with Crippen LogP contribution >= 0.6 is 0 Å². The Morgan fingerprint density at radius 2 is 1.94 bits per heavy atom. The van der Waals surface area contributed by atoms with Crippen molar-refractivity contribution in [2.45, 2.75) is 27.4 Å². The molecule has 0 amide bonds. The Hall–Kier alpha value is -1.65. The molecular formula is C12H15F2NO2. The van der Waals surface area contributed by atoms with Gasteiger partial charge in [0.05, 0.1) is 5.56 Å². The number of rotatable bonds is 3. The molecule has 0 aliphatic rings. The smallest absolute Gasteiger partial charge is 0.387 e. The third-order valence-electron chi connectivity index (χ3n) is 2.15. The summed E-state index contributed by atoms with van der Waals surface area (Å²) in [6, 6.07) is 4.04. The van der Waals surface area contributed by atoms with Gasteiger partial charge in [-0.2, -0.15) is 8.78 Å². The van der Waals surface area contributed by atoms with Gasteiger partial charge in [-0.25, -0.2) is 0 Å². The quantitative estimate of drug-likeness (QED) is 0.655. The molecule has 0 radical (unpaired) electrons. The molecule has 1 aromatic rings. The average Bonchev–Trinajstić information content (AvgIpc) is 2.17. The Bertz CT molecular complexity index is 425. The third kappa shape index (κ3) is 3.41. The predicted octanol–water partition coefficient (Wildman–Crippen LogP) is 3.10. The molecular weight excluding hydrogens is 228 g/mol. The summed E-state index contributed by atoms with van der Waals surface area (Å²) in [7, 11) is 0. The molecule has 0 saturated heterocycles. The van der Waals surface area contributed by atoms with Gasteiger partial charge < -0.3 is 10.5 Å². The van der Waals surface area contributed by atoms with Gasteiger partial charge in [-0.05, 0) is 18.2 Å². The van der Waals surface area contributed by atoms with E-state index in [1.165, 1.54) is 18.2 Å². The maximum Gasteiger partial charge on any atom is 0.387 e. The molecule has 1 rings (SSSR count). The Morgan fingerprint density at radius 1 is 1.35 bits per heavy atom. The van der Waals surface area contributed by atoms with Crippen molar-refractivity contribution < 1.29 is 18.3 Å². The Morgan fingerprint density at radius 3 is 2.41 bits per heavy atom. The van der Waals surface area contributed by atoms with Crippen LogP contribution < -0.4 is 10.5 Å². The second kappa shape index (κ2) is 4.69. The van der Waals surface area contributed by atoms with E-state index in [9.17, 15) is 13.6 Å². The van der Waals surface area contributed by atoms with Crippen molar-refractivity contribution >= 4 is 11.5 Å². The number of benzene rings is 1. The van der Waals surface area contributed by atoms with Gasteiger partial charge in [-0.15, -0.1) is 0 Å². The molecule has 0 aliphatic carbocycles. The fourth-order valence-electron chi connectivity index (χ4n) is 1.33. The molecule has 0 atom stereocenters. The number of hydrogen-bond acceptors (Lipinski definition) is 3. The molecule has 2 N–H and O–H groups in total. The van der Waals surface area contributed by atoms with Crippen LogP contribution in [0.3, 0.4) is 0 Å². The number of carbonyl (C=O) groups excluding carboxylic acids is 1. The molecule has 0 spiro atoms. The lowest BCUT2D eigenvalue weighted by molar-refractivity contribution is -0.0502. The lowest BCUT2D eigenvalue weighted by Gasteiger charge is -2.19. The van der Waals surface area contributed by atoms with Gasteiger partial charge in [0, 0.05) is 11.1 Å². The van der Waals surface area contributed by atoms with E-state index in [1.54, 1.807) is 20.8 Å². The van der Waals surface area contributed by atoms with Crippen LogP contribution in [0.25, 0.3) is 0 Å². The molecule has 0 unspecified atom stereocenters. The Labute approximate surface area is 98.6 Å². The summed E-state index contributed by atoms with van der Waals surface area (Å²) in [6.07, 6.45) is 0. The Balaban J connectivity index is 3.20. The zero-order valence-corrected chi connectivity index (χ0v) is 9.96. The molecule has 94 valence electrons. The molecule has 17 heavy (non-hydrogen) atoms. The fraction of sp³-hybridized carbons (Fsp3) is 0.417. The number of alkyl halides is 2. The average molecular weight is 243 g/mol. The summed E-state index contributed by atoms with van der Waals surface area (Å²) in [5, 5.41) is 0. The van der Waals surface area contributed by atoms with E-state index in [4.69, 9.17) is 5.73 Å². The van der Waals surface area contributed by atoms with Crippen molar-refractivity contribution in [3.05, 3.63) is 23.8 Å². The van der Waals surface area contributed by atoms with Crippen molar-refractivity contribution in [1.29, 1.82) is 0 Å². The normalized spacial score (nSPS) is 11.6. The number of Topliss-reactive ketones (excluding diaryl/α,β-unsaturated/α-hetero) is 1. The lowest BCUT2D eigenvalue weighted by Crippen LogP contribution is -2.21. The second-order valence-corrected chi connectivity index (χ2v) is 4.71. The van der Waals surface area contributed by atoms with Gasteiger partial charge in [0.25, 0.3) is 0 Å². The number of carbonyl (C=O) groups is 1. The summed E-state index contributed by atoms with van der Waals surface area (Å²) in [5.41, 5.74) is 5.27. The molecule has 0 aliphatic heterocycles. The van der Waals surface area contributed by atoms with Crippen molar-refractivity contribution in [3.63, 3.8) is 0 Å². The number of nitrogens with two attached hydrogens (primary N) is 1. The highest BCUT2D eigenvalue weighted by Crippen LogP contribution is 2.30. The SMILES string of the molecule is CC(C)(C)C(=O)c1cc(N)ccc1OC(F)F. The van der Waals surface area contributed by atoms with Gasteiger partial charge >= 0.3 is 6.61 Å². The molecule has 5 heteroatoms. The molecule has 0 heterocycles. The number of halogens is 2. The first-order valence-corrected chi connectivity index (χ1v) is 5.11. The predicted molar refractivity (Wildman–Crippen MR) is 61.3 cm³/mol. The zero-order valence-electron chi connectivity index (χ0n) is 9.96. The molecule has 0 fully saturated rings. The number of hydrogen-bond donors (Lipinski definition) is 1. The standard InChI is InChI=1S/C12H15F2NO2/c1-12(2,3)10(16)8-6-7(15)4-5-9(8)17-11(13)14/h4-6,11H,15H2,1-3H3. The third-order valence-corrected chi connectivity index (χ3v) is 2.15. The van der Waals surface area contributed by atoms with E-state index in [2.05, 4.69) is 4.74 Å². The largest absolute Gasteiger partial charge is 0.434 e. The van der Waals surface area contributed by atoms with Crippen molar-refractivity contribution in [3.8, 4) is 5.75 Å². The molecule has 3 nitrogen and oxygen atoms in total. The minimum atomic E-state index is -2.97. The lowest BCUT2D eigenvalue weighted by atomic mass is 9.86. The number of anilines is 1. The van der Waals surface area contributed by atoms with Gasteiger partial charge in [0.2, 0.25) is 0 Å². The maximum atomic E-state index is 12.2. The van der Waals surface area contributed by atoms with Crippen LogP contribution in [0.1, 0.15) is 31.1 Å². The van der Waals surface area contributed by atoms with E-state index >= 15 is 0 Å². The van der Waals surface area contributed by atoms with Crippen LogP contribution in [-0.4, -0.2) is 12.4 Å². The topological polar surface area (TPSA) is 52.3 Å². The molecule has 0 saturated carbocycles. The molecule has 1 aromatic carbocycles. The van der Waals surface area contributed by atoms with Crippen molar-refractivity contribution in [1.82, 2.24) is 0 Å². The number of nitrogen functional groups attached to an aromatic ring is 1. The van der Waals surface area contributed by atoms with Gasteiger partial charge in [-0.1, -0.05) is 20.8 Å². The second-order valence-electron chi connectivity index (χ2n) is 4.71. The first-order chi connectivity index (χ1) is 7.71. The minimum absolute atomic E-state index is 0.0813. The Kier molecular flexibility index (Phi) is 3.70. The van der Waals surface area contributed by atoms with Crippen LogP contribution in [0, 0.1) is 5.41 Å². The van der Waals surface area contributed by atoms with E-state index in [0.717, 1.165) is 0 Å². The van der Waals surface area contributed by atoms with Crippen LogP contribution in [0.2, 0.25) is 0 Å². The summed E-state index contributed by atoms with van der Waals surface area (Å²) < 4.78 is 28.7. The summed E-state index contributed by atoms with van der Waals surface area (Å²) >= 11 is 0. The molecule has 0 aromatic heterocycles. The highest BCUT2D eigenvalue weighted by atomic mass is 19.3. The van der Waals surface area contributed by atoms with E-state index in [-0.39, 0.29) is 17.1 Å². The first-order valence-electron chi connectivity index (χ1n) is 5.11. The highest BCUT2D eigenvalue weighted by Gasteiger charge is 2.26. The first kappa shape index (κ1) is 13.4.